The second kappa shape index (κ2) is 6.35. The minimum Gasteiger partial charge on any atom is -0.469 e. The Balaban J connectivity index is 1.69. The molecule has 0 aromatic carbocycles. The quantitative estimate of drug-likeness (QED) is 0.713. The zero-order valence-corrected chi connectivity index (χ0v) is 14.0. The van der Waals surface area contributed by atoms with Crippen LogP contribution in [0.5, 0.6) is 0 Å². The molecule has 118 valence electrons. The predicted octanol–water partition coefficient (Wildman–Crippen LogP) is 3.16. The maximum atomic E-state index is 12.2. The summed E-state index contributed by atoms with van der Waals surface area (Å²) in [5.74, 6) is -0.326. The highest BCUT2D eigenvalue weighted by Crippen LogP contribution is 2.30. The minimum atomic E-state index is -0.426. The lowest BCUT2D eigenvalue weighted by Gasteiger charge is -2.05. The molecule has 2 amide bonds. The van der Waals surface area contributed by atoms with E-state index in [2.05, 4.69) is 15.8 Å². The van der Waals surface area contributed by atoms with Gasteiger partial charge >= 0.3 is 0 Å². The first-order chi connectivity index (χ1) is 11.1. The van der Waals surface area contributed by atoms with Gasteiger partial charge in [0.25, 0.3) is 11.8 Å². The normalized spacial score (nSPS) is 10.5. The number of rotatable bonds is 3. The molecule has 0 saturated heterocycles. The molecule has 23 heavy (non-hydrogen) atoms. The average Bonchev–Trinajstić information content (AvgIpc) is 3.24. The van der Waals surface area contributed by atoms with Crippen molar-refractivity contribution < 1.29 is 14.0 Å². The van der Waals surface area contributed by atoms with Gasteiger partial charge < -0.3 is 4.42 Å². The summed E-state index contributed by atoms with van der Waals surface area (Å²) in [4.78, 5) is 30.1. The van der Waals surface area contributed by atoms with Gasteiger partial charge in [0.2, 0.25) is 0 Å². The van der Waals surface area contributed by atoms with E-state index < -0.39 is 11.8 Å². The Labute approximate surface area is 140 Å². The molecule has 0 aliphatic rings. The monoisotopic (exact) mass is 347 g/mol. The molecule has 0 atom stereocenters. The number of thiophene rings is 1. The van der Waals surface area contributed by atoms with E-state index in [-0.39, 0.29) is 0 Å². The molecule has 8 heteroatoms. The van der Waals surface area contributed by atoms with Gasteiger partial charge in [-0.1, -0.05) is 6.07 Å². The SMILES string of the molecule is Cc1nc(-c2cccs2)sc1C(=O)NNC(=O)c1ccoc1C. The van der Waals surface area contributed by atoms with E-state index >= 15 is 0 Å². The number of thiazole rings is 1. The van der Waals surface area contributed by atoms with Crippen molar-refractivity contribution in [3.05, 3.63) is 51.7 Å². The van der Waals surface area contributed by atoms with E-state index in [1.165, 1.54) is 17.6 Å². The summed E-state index contributed by atoms with van der Waals surface area (Å²) in [6.45, 7) is 3.45. The molecule has 0 bridgehead atoms. The fraction of sp³-hybridized carbons (Fsp3) is 0.133. The molecule has 0 aliphatic heterocycles. The molecule has 0 spiro atoms. The number of nitrogens with zero attached hydrogens (tertiary/aromatic N) is 1. The van der Waals surface area contributed by atoms with Gasteiger partial charge in [-0.15, -0.1) is 22.7 Å². The summed E-state index contributed by atoms with van der Waals surface area (Å²) < 4.78 is 5.06. The molecule has 0 radical (unpaired) electrons. The fourth-order valence-electron chi connectivity index (χ4n) is 1.97. The fourth-order valence-corrected chi connectivity index (χ4v) is 3.73. The third-order valence-corrected chi connectivity index (χ3v) is 5.32. The second-order valence-electron chi connectivity index (χ2n) is 4.71. The highest BCUT2D eigenvalue weighted by atomic mass is 32.1. The molecule has 0 aliphatic carbocycles. The predicted molar refractivity (Wildman–Crippen MR) is 88.5 cm³/mol. The summed E-state index contributed by atoms with van der Waals surface area (Å²) in [5, 5.41) is 2.75. The number of aromatic nitrogens is 1. The Morgan fingerprint density at radius 2 is 1.96 bits per heavy atom. The molecule has 0 unspecified atom stereocenters. The van der Waals surface area contributed by atoms with Crippen LogP contribution in [-0.2, 0) is 0 Å². The number of aryl methyl sites for hydroxylation is 2. The molecular weight excluding hydrogens is 334 g/mol. The topological polar surface area (TPSA) is 84.2 Å². The van der Waals surface area contributed by atoms with Crippen molar-refractivity contribution in [2.45, 2.75) is 13.8 Å². The van der Waals surface area contributed by atoms with Crippen LogP contribution in [0.1, 0.15) is 31.5 Å². The van der Waals surface area contributed by atoms with Crippen molar-refractivity contribution >= 4 is 34.5 Å². The number of amides is 2. The molecular formula is C15H13N3O3S2. The molecule has 2 N–H and O–H groups in total. The largest absolute Gasteiger partial charge is 0.469 e. The van der Waals surface area contributed by atoms with Crippen molar-refractivity contribution in [2.24, 2.45) is 0 Å². The van der Waals surface area contributed by atoms with Crippen molar-refractivity contribution in [1.82, 2.24) is 15.8 Å². The van der Waals surface area contributed by atoms with Crippen LogP contribution in [0.25, 0.3) is 9.88 Å². The van der Waals surface area contributed by atoms with Crippen molar-refractivity contribution in [2.75, 3.05) is 0 Å². The first-order valence-corrected chi connectivity index (χ1v) is 8.42. The van der Waals surface area contributed by atoms with Gasteiger partial charge in [-0.25, -0.2) is 4.98 Å². The lowest BCUT2D eigenvalue weighted by Crippen LogP contribution is -2.41. The number of hydrazine groups is 1. The number of nitrogens with one attached hydrogen (secondary N) is 2. The minimum absolute atomic E-state index is 0.380. The summed E-state index contributed by atoms with van der Waals surface area (Å²) in [7, 11) is 0. The number of carbonyl (C=O) groups is 2. The summed E-state index contributed by atoms with van der Waals surface area (Å²) >= 11 is 2.86. The van der Waals surface area contributed by atoms with Gasteiger partial charge in [-0.3, -0.25) is 20.4 Å². The molecule has 6 nitrogen and oxygen atoms in total. The number of hydrogen-bond donors (Lipinski definition) is 2. The van der Waals surface area contributed by atoms with Crippen LogP contribution in [-0.4, -0.2) is 16.8 Å². The Hall–Kier alpha value is -2.45. The van der Waals surface area contributed by atoms with E-state index in [0.717, 1.165) is 9.88 Å². The Kier molecular flexibility index (Phi) is 4.26. The van der Waals surface area contributed by atoms with E-state index in [0.29, 0.717) is 21.9 Å². The third-order valence-electron chi connectivity index (χ3n) is 3.13. The van der Waals surface area contributed by atoms with Gasteiger partial charge in [0.1, 0.15) is 15.6 Å². The second-order valence-corrected chi connectivity index (χ2v) is 6.66. The van der Waals surface area contributed by atoms with Crippen molar-refractivity contribution in [3.63, 3.8) is 0 Å². The van der Waals surface area contributed by atoms with Crippen LogP contribution in [0.2, 0.25) is 0 Å². The van der Waals surface area contributed by atoms with Crippen LogP contribution in [0.4, 0.5) is 0 Å². The van der Waals surface area contributed by atoms with Gasteiger partial charge in [-0.2, -0.15) is 0 Å². The third kappa shape index (κ3) is 3.17. The van der Waals surface area contributed by atoms with E-state index in [1.807, 2.05) is 17.5 Å². The molecule has 3 aromatic rings. The Morgan fingerprint density at radius 1 is 1.17 bits per heavy atom. The van der Waals surface area contributed by atoms with Crippen LogP contribution < -0.4 is 10.9 Å². The van der Waals surface area contributed by atoms with E-state index in [1.54, 1.807) is 31.3 Å². The maximum Gasteiger partial charge on any atom is 0.281 e. The highest BCUT2D eigenvalue weighted by molar-refractivity contribution is 7.22. The summed E-state index contributed by atoms with van der Waals surface area (Å²) in [6, 6.07) is 5.43. The summed E-state index contributed by atoms with van der Waals surface area (Å²) in [6.07, 6.45) is 1.42. The lowest BCUT2D eigenvalue weighted by atomic mass is 10.2. The van der Waals surface area contributed by atoms with Crippen LogP contribution in [0.3, 0.4) is 0 Å². The van der Waals surface area contributed by atoms with Crippen molar-refractivity contribution in [1.29, 1.82) is 0 Å². The number of hydrogen-bond acceptors (Lipinski definition) is 6. The Morgan fingerprint density at radius 3 is 2.61 bits per heavy atom. The van der Waals surface area contributed by atoms with Gasteiger partial charge in [-0.05, 0) is 31.4 Å². The number of carbonyl (C=O) groups excluding carboxylic acids is 2. The molecule has 3 heterocycles. The van der Waals surface area contributed by atoms with Crippen LogP contribution in [0, 0.1) is 13.8 Å². The van der Waals surface area contributed by atoms with Crippen LogP contribution >= 0.6 is 22.7 Å². The standard InChI is InChI=1S/C15H13N3O3S2/c1-8-12(23-15(16-8)11-4-3-7-22-11)14(20)18-17-13(19)10-5-6-21-9(10)2/h3-7H,1-2H3,(H,17,19)(H,18,20). The Bertz CT molecular complexity index is 849. The maximum absolute atomic E-state index is 12.2. The molecule has 0 fully saturated rings. The molecule has 3 aromatic heterocycles. The van der Waals surface area contributed by atoms with E-state index in [4.69, 9.17) is 4.42 Å². The van der Waals surface area contributed by atoms with Crippen LogP contribution in [0.15, 0.2) is 34.3 Å². The smallest absolute Gasteiger partial charge is 0.281 e. The average molecular weight is 347 g/mol. The number of furan rings is 1. The lowest BCUT2D eigenvalue weighted by molar-refractivity contribution is 0.0847. The first-order valence-electron chi connectivity index (χ1n) is 6.72. The molecule has 0 saturated carbocycles. The zero-order valence-electron chi connectivity index (χ0n) is 12.4. The van der Waals surface area contributed by atoms with Crippen molar-refractivity contribution in [3.8, 4) is 9.88 Å². The molecule has 3 rings (SSSR count). The van der Waals surface area contributed by atoms with Gasteiger partial charge in [0.05, 0.1) is 22.4 Å². The van der Waals surface area contributed by atoms with E-state index in [9.17, 15) is 9.59 Å². The highest BCUT2D eigenvalue weighted by Gasteiger charge is 2.18. The van der Waals surface area contributed by atoms with Gasteiger partial charge in [0.15, 0.2) is 0 Å². The summed E-state index contributed by atoms with van der Waals surface area (Å²) in [5.41, 5.74) is 5.80. The zero-order chi connectivity index (χ0) is 16.4. The first kappa shape index (κ1) is 15.4. The van der Waals surface area contributed by atoms with Gasteiger partial charge in [0, 0.05) is 0 Å².